The number of anilines is 1. The third-order valence-electron chi connectivity index (χ3n) is 3.25. The van der Waals surface area contributed by atoms with E-state index in [1.165, 1.54) is 11.3 Å². The van der Waals surface area contributed by atoms with Gasteiger partial charge in [0.15, 0.2) is 0 Å². The van der Waals surface area contributed by atoms with Gasteiger partial charge in [0, 0.05) is 18.2 Å². The average Bonchev–Trinajstić information content (AvgIpc) is 2.87. The summed E-state index contributed by atoms with van der Waals surface area (Å²) in [5, 5.41) is 6.20. The molecule has 2 atom stereocenters. The van der Waals surface area contributed by atoms with Gasteiger partial charge in [0.05, 0.1) is 6.04 Å². The Hall–Kier alpha value is -1.71. The summed E-state index contributed by atoms with van der Waals surface area (Å²) in [6.07, 6.45) is 0.652. The largest absolute Gasteiger partial charge is 0.447 e. The van der Waals surface area contributed by atoms with Crippen LogP contribution in [0.5, 0.6) is 0 Å². The first-order chi connectivity index (χ1) is 7.83. The molecular formula is C12H14N2O2. The van der Waals surface area contributed by atoms with Gasteiger partial charge in [0.25, 0.3) is 0 Å². The highest BCUT2D eigenvalue weighted by Crippen LogP contribution is 2.34. The third kappa shape index (κ3) is 1.60. The van der Waals surface area contributed by atoms with Gasteiger partial charge in [-0.3, -0.25) is 0 Å². The lowest BCUT2D eigenvalue weighted by molar-refractivity contribution is 0.176. The lowest BCUT2D eigenvalue weighted by Gasteiger charge is -2.13. The summed E-state index contributed by atoms with van der Waals surface area (Å²) in [5.74, 6) is 0.475. The molecule has 1 aromatic rings. The first-order valence-corrected chi connectivity index (χ1v) is 5.59. The molecule has 2 N–H and O–H groups in total. The predicted molar refractivity (Wildman–Crippen MR) is 60.6 cm³/mol. The monoisotopic (exact) mass is 218 g/mol. The van der Waals surface area contributed by atoms with E-state index in [2.05, 4.69) is 28.8 Å². The van der Waals surface area contributed by atoms with Crippen LogP contribution in [-0.2, 0) is 4.74 Å². The molecule has 2 aliphatic heterocycles. The average molecular weight is 218 g/mol. The lowest BCUT2D eigenvalue weighted by atomic mass is 9.94. The van der Waals surface area contributed by atoms with E-state index in [0.29, 0.717) is 12.5 Å². The van der Waals surface area contributed by atoms with Gasteiger partial charge in [-0.05, 0) is 18.1 Å². The van der Waals surface area contributed by atoms with Gasteiger partial charge in [-0.2, -0.15) is 0 Å². The molecule has 4 nitrogen and oxygen atoms in total. The first kappa shape index (κ1) is 9.51. The van der Waals surface area contributed by atoms with Gasteiger partial charge in [-0.1, -0.05) is 18.2 Å². The second-order valence-electron chi connectivity index (χ2n) is 4.34. The SMILES string of the molecule is O=C1N[C@H](C[C@@H]2CNc3ccccc32)CO1. The molecular weight excluding hydrogens is 204 g/mol. The standard InChI is InChI=1S/C12H14N2O2/c15-12-14-9(7-16-12)5-8-6-13-11-4-2-1-3-10(8)11/h1-4,8-9,13H,5-7H2,(H,14,15)/t8-,9-/m1/s1. The number of carbonyl (C=O) groups is 1. The number of fused-ring (bicyclic) bond motifs is 1. The number of carbonyl (C=O) groups excluding carboxylic acids is 1. The van der Waals surface area contributed by atoms with Crippen molar-refractivity contribution in [3.8, 4) is 0 Å². The minimum Gasteiger partial charge on any atom is -0.447 e. The fourth-order valence-electron chi connectivity index (χ4n) is 2.46. The number of benzene rings is 1. The van der Waals surface area contributed by atoms with Crippen LogP contribution in [0.25, 0.3) is 0 Å². The zero-order chi connectivity index (χ0) is 11.0. The van der Waals surface area contributed by atoms with Crippen molar-refractivity contribution >= 4 is 11.8 Å². The fraction of sp³-hybridized carbons (Fsp3) is 0.417. The summed E-state index contributed by atoms with van der Waals surface area (Å²) in [6.45, 7) is 1.45. The van der Waals surface area contributed by atoms with E-state index in [-0.39, 0.29) is 12.1 Å². The van der Waals surface area contributed by atoms with Crippen LogP contribution in [0, 0.1) is 0 Å². The molecule has 0 bridgehead atoms. The number of para-hydroxylation sites is 1. The van der Waals surface area contributed by atoms with Crippen molar-refractivity contribution in [2.45, 2.75) is 18.4 Å². The number of rotatable bonds is 2. The Morgan fingerprint density at radius 2 is 2.25 bits per heavy atom. The lowest BCUT2D eigenvalue weighted by Crippen LogP contribution is -2.28. The number of cyclic esters (lactones) is 1. The molecule has 0 saturated carbocycles. The fourth-order valence-corrected chi connectivity index (χ4v) is 2.46. The highest BCUT2D eigenvalue weighted by molar-refractivity contribution is 5.69. The summed E-state index contributed by atoms with van der Waals surface area (Å²) in [4.78, 5) is 10.9. The number of nitrogens with one attached hydrogen (secondary N) is 2. The normalized spacial score (nSPS) is 26.9. The summed E-state index contributed by atoms with van der Waals surface area (Å²) in [7, 11) is 0. The van der Waals surface area contributed by atoms with Gasteiger partial charge >= 0.3 is 6.09 Å². The van der Waals surface area contributed by atoms with Gasteiger partial charge in [-0.15, -0.1) is 0 Å². The van der Waals surface area contributed by atoms with E-state index in [9.17, 15) is 4.79 Å². The molecule has 0 radical (unpaired) electrons. The van der Waals surface area contributed by atoms with Crippen molar-refractivity contribution in [2.75, 3.05) is 18.5 Å². The second kappa shape index (κ2) is 3.70. The maximum atomic E-state index is 10.9. The van der Waals surface area contributed by atoms with Crippen molar-refractivity contribution in [3.63, 3.8) is 0 Å². The highest BCUT2D eigenvalue weighted by atomic mass is 16.6. The van der Waals surface area contributed by atoms with E-state index in [0.717, 1.165) is 13.0 Å². The van der Waals surface area contributed by atoms with Gasteiger partial charge in [0.1, 0.15) is 6.61 Å². The third-order valence-corrected chi connectivity index (χ3v) is 3.25. The number of ether oxygens (including phenoxy) is 1. The first-order valence-electron chi connectivity index (χ1n) is 5.59. The smallest absolute Gasteiger partial charge is 0.407 e. The van der Waals surface area contributed by atoms with Crippen LogP contribution in [0.4, 0.5) is 10.5 Å². The Bertz CT molecular complexity index is 419. The van der Waals surface area contributed by atoms with Gasteiger partial charge < -0.3 is 15.4 Å². The molecule has 16 heavy (non-hydrogen) atoms. The summed E-state index contributed by atoms with van der Waals surface area (Å²) in [5.41, 5.74) is 2.57. The van der Waals surface area contributed by atoms with E-state index in [1.807, 2.05) is 6.07 Å². The number of hydrogen-bond acceptors (Lipinski definition) is 3. The van der Waals surface area contributed by atoms with Crippen LogP contribution >= 0.6 is 0 Å². The molecule has 84 valence electrons. The van der Waals surface area contributed by atoms with E-state index in [1.54, 1.807) is 0 Å². The molecule has 1 aromatic carbocycles. The maximum absolute atomic E-state index is 10.9. The molecule has 1 fully saturated rings. The van der Waals surface area contributed by atoms with Crippen LogP contribution in [0.3, 0.4) is 0 Å². The summed E-state index contributed by atoms with van der Waals surface area (Å²) >= 11 is 0. The topological polar surface area (TPSA) is 50.4 Å². The molecule has 3 rings (SSSR count). The van der Waals surface area contributed by atoms with E-state index >= 15 is 0 Å². The number of amides is 1. The van der Waals surface area contributed by atoms with Crippen molar-refractivity contribution < 1.29 is 9.53 Å². The van der Waals surface area contributed by atoms with Crippen molar-refractivity contribution in [1.82, 2.24) is 5.32 Å². The molecule has 0 spiro atoms. The Kier molecular flexibility index (Phi) is 2.20. The predicted octanol–water partition coefficient (Wildman–Crippen LogP) is 1.69. The Morgan fingerprint density at radius 3 is 3.06 bits per heavy atom. The van der Waals surface area contributed by atoms with E-state index in [4.69, 9.17) is 4.74 Å². The molecule has 1 amide bonds. The van der Waals surface area contributed by atoms with Crippen molar-refractivity contribution in [2.24, 2.45) is 0 Å². The zero-order valence-corrected chi connectivity index (χ0v) is 8.90. The molecule has 0 unspecified atom stereocenters. The molecule has 1 saturated heterocycles. The number of hydrogen-bond donors (Lipinski definition) is 2. The second-order valence-corrected chi connectivity index (χ2v) is 4.34. The van der Waals surface area contributed by atoms with Crippen molar-refractivity contribution in [3.05, 3.63) is 29.8 Å². The van der Waals surface area contributed by atoms with Gasteiger partial charge in [0.2, 0.25) is 0 Å². The van der Waals surface area contributed by atoms with Crippen LogP contribution < -0.4 is 10.6 Å². The number of alkyl carbamates (subject to hydrolysis) is 1. The minimum absolute atomic E-state index is 0.158. The van der Waals surface area contributed by atoms with Crippen LogP contribution in [0.2, 0.25) is 0 Å². The van der Waals surface area contributed by atoms with Gasteiger partial charge in [-0.25, -0.2) is 4.79 Å². The quantitative estimate of drug-likeness (QED) is 0.794. The Balaban J connectivity index is 1.71. The summed E-state index contributed by atoms with van der Waals surface area (Å²) < 4.78 is 4.89. The minimum atomic E-state index is -0.288. The molecule has 0 aromatic heterocycles. The molecule has 0 aliphatic carbocycles. The molecule has 2 heterocycles. The Morgan fingerprint density at radius 1 is 1.38 bits per heavy atom. The Labute approximate surface area is 94.0 Å². The highest BCUT2D eigenvalue weighted by Gasteiger charge is 2.29. The van der Waals surface area contributed by atoms with Crippen LogP contribution in [0.1, 0.15) is 17.9 Å². The molecule has 4 heteroatoms. The zero-order valence-electron chi connectivity index (χ0n) is 8.90. The summed E-state index contributed by atoms with van der Waals surface area (Å²) in [6, 6.07) is 8.50. The van der Waals surface area contributed by atoms with Crippen LogP contribution in [0.15, 0.2) is 24.3 Å². The van der Waals surface area contributed by atoms with E-state index < -0.39 is 0 Å². The van der Waals surface area contributed by atoms with Crippen LogP contribution in [-0.4, -0.2) is 25.3 Å². The van der Waals surface area contributed by atoms with Crippen molar-refractivity contribution in [1.29, 1.82) is 0 Å². The molecule has 2 aliphatic rings. The maximum Gasteiger partial charge on any atom is 0.407 e.